The molecule has 1 aromatic carbocycles. The molecule has 0 amide bonds. The van der Waals surface area contributed by atoms with Crippen molar-refractivity contribution in [3.8, 4) is 0 Å². The predicted octanol–water partition coefficient (Wildman–Crippen LogP) is 3.23. The first kappa shape index (κ1) is 11.8. The van der Waals surface area contributed by atoms with E-state index in [1.807, 2.05) is 24.3 Å². The molecule has 0 spiro atoms. The van der Waals surface area contributed by atoms with Gasteiger partial charge in [0.05, 0.1) is 10.5 Å². The largest absolute Gasteiger partial charge is 0.357 e. The van der Waals surface area contributed by atoms with E-state index < -0.39 is 16.8 Å². The molecule has 0 saturated carbocycles. The molecule has 1 aliphatic heterocycles. The third-order valence-corrected chi connectivity index (χ3v) is 3.14. The maximum absolute atomic E-state index is 13.3. The van der Waals surface area contributed by atoms with Crippen molar-refractivity contribution in [2.24, 2.45) is 0 Å². The van der Waals surface area contributed by atoms with Gasteiger partial charge in [0.2, 0.25) is 0 Å². The second-order valence-corrected chi connectivity index (χ2v) is 4.35. The Kier molecular flexibility index (Phi) is 2.76. The van der Waals surface area contributed by atoms with Crippen LogP contribution < -0.4 is 0 Å². The predicted molar refractivity (Wildman–Crippen MR) is 67.0 cm³/mol. The summed E-state index contributed by atoms with van der Waals surface area (Å²) in [4.78, 5) is 10.5. The quantitative estimate of drug-likeness (QED) is 0.605. The Bertz CT molecular complexity index is 634. The molecule has 4 nitrogen and oxygen atoms in total. The number of ether oxygens (including phenoxy) is 1. The minimum atomic E-state index is -0.594. The summed E-state index contributed by atoms with van der Waals surface area (Å²) < 4.78 is 19.0. The van der Waals surface area contributed by atoms with E-state index in [4.69, 9.17) is 4.74 Å². The lowest BCUT2D eigenvalue weighted by molar-refractivity contribution is -0.386. The van der Waals surface area contributed by atoms with Crippen molar-refractivity contribution < 1.29 is 14.1 Å². The van der Waals surface area contributed by atoms with E-state index in [0.29, 0.717) is 0 Å². The zero-order valence-electron chi connectivity index (χ0n) is 9.82. The van der Waals surface area contributed by atoms with Crippen LogP contribution in [0.1, 0.15) is 11.7 Å². The van der Waals surface area contributed by atoms with E-state index in [1.165, 1.54) is 6.07 Å². The van der Waals surface area contributed by atoms with Gasteiger partial charge in [-0.25, -0.2) is 4.39 Å². The van der Waals surface area contributed by atoms with Crippen LogP contribution in [0.4, 0.5) is 10.1 Å². The first-order valence-electron chi connectivity index (χ1n) is 5.81. The van der Waals surface area contributed by atoms with Gasteiger partial charge in [-0.2, -0.15) is 0 Å². The number of fused-ring (bicyclic) bond motifs is 1. The second kappa shape index (κ2) is 4.44. The van der Waals surface area contributed by atoms with Crippen LogP contribution in [0, 0.1) is 15.9 Å². The highest BCUT2D eigenvalue weighted by molar-refractivity contribution is 5.47. The molecule has 0 fully saturated rings. The van der Waals surface area contributed by atoms with Crippen molar-refractivity contribution in [1.29, 1.82) is 0 Å². The van der Waals surface area contributed by atoms with Gasteiger partial charge in [-0.3, -0.25) is 10.1 Å². The monoisotopic (exact) mass is 259 g/mol. The summed E-state index contributed by atoms with van der Waals surface area (Å²) in [6, 6.07) is 3.40. The Morgan fingerprint density at radius 2 is 2.11 bits per heavy atom. The number of halogens is 1. The van der Waals surface area contributed by atoms with E-state index in [0.717, 1.165) is 17.7 Å². The molecule has 2 unspecified atom stereocenters. The molecule has 5 heteroatoms. The summed E-state index contributed by atoms with van der Waals surface area (Å²) in [6.45, 7) is 0. The van der Waals surface area contributed by atoms with Gasteiger partial charge >= 0.3 is 0 Å². The highest BCUT2D eigenvalue weighted by Crippen LogP contribution is 2.37. The van der Waals surface area contributed by atoms with Crippen molar-refractivity contribution in [2.45, 2.75) is 12.2 Å². The molecule has 2 atom stereocenters. The van der Waals surface area contributed by atoms with Gasteiger partial charge in [-0.15, -0.1) is 0 Å². The Hall–Kier alpha value is -2.27. The molecule has 19 heavy (non-hydrogen) atoms. The fraction of sp³-hybridized carbons (Fsp3) is 0.143. The number of rotatable bonds is 2. The maximum atomic E-state index is 13.3. The third kappa shape index (κ3) is 2.08. The Labute approximate surface area is 108 Å². The summed E-state index contributed by atoms with van der Waals surface area (Å²) >= 11 is 0. The normalized spacial score (nSPS) is 24.2. The fourth-order valence-corrected chi connectivity index (χ4v) is 2.27. The van der Waals surface area contributed by atoms with Gasteiger partial charge in [-0.1, -0.05) is 24.3 Å². The molecular formula is C14H10FNO3. The van der Waals surface area contributed by atoms with Crippen LogP contribution in [0.25, 0.3) is 0 Å². The van der Waals surface area contributed by atoms with Crippen LogP contribution in [0.15, 0.2) is 54.2 Å². The highest BCUT2D eigenvalue weighted by atomic mass is 19.1. The lowest BCUT2D eigenvalue weighted by Crippen LogP contribution is -2.09. The number of benzene rings is 1. The van der Waals surface area contributed by atoms with Gasteiger partial charge in [0.1, 0.15) is 18.0 Å². The molecule has 3 rings (SSSR count). The average molecular weight is 259 g/mol. The average Bonchev–Trinajstić information content (AvgIpc) is 2.81. The van der Waals surface area contributed by atoms with Crippen molar-refractivity contribution in [3.63, 3.8) is 0 Å². The van der Waals surface area contributed by atoms with Crippen LogP contribution in [-0.2, 0) is 4.74 Å². The Morgan fingerprint density at radius 1 is 1.26 bits per heavy atom. The van der Waals surface area contributed by atoms with Crippen molar-refractivity contribution >= 4 is 5.69 Å². The number of allylic oxidation sites excluding steroid dienone is 2. The van der Waals surface area contributed by atoms with E-state index in [9.17, 15) is 14.5 Å². The fourth-order valence-electron chi connectivity index (χ4n) is 2.27. The molecule has 2 aliphatic rings. The van der Waals surface area contributed by atoms with E-state index in [1.54, 1.807) is 6.08 Å². The molecule has 0 bridgehead atoms. The van der Waals surface area contributed by atoms with Crippen molar-refractivity contribution in [3.05, 3.63) is 75.6 Å². The summed E-state index contributed by atoms with van der Waals surface area (Å²) in [7, 11) is 0. The molecule has 0 N–H and O–H groups in total. The summed E-state index contributed by atoms with van der Waals surface area (Å²) in [6.07, 6.45) is 8.44. The van der Waals surface area contributed by atoms with Crippen LogP contribution >= 0.6 is 0 Å². The van der Waals surface area contributed by atoms with E-state index >= 15 is 0 Å². The van der Waals surface area contributed by atoms with Crippen LogP contribution in [0.2, 0.25) is 0 Å². The molecule has 0 aromatic heterocycles. The van der Waals surface area contributed by atoms with Gasteiger partial charge in [0, 0.05) is 6.07 Å². The van der Waals surface area contributed by atoms with E-state index in [-0.39, 0.29) is 17.4 Å². The Balaban J connectivity index is 2.02. The molecule has 0 saturated heterocycles. The number of nitro groups is 1. The number of nitrogens with zero attached hydrogens (tertiary/aromatic N) is 1. The minimum Gasteiger partial charge on any atom is -0.357 e. The van der Waals surface area contributed by atoms with Crippen molar-refractivity contribution in [1.82, 2.24) is 0 Å². The standard InChI is InChI=1S/C14H10FNO3/c15-10-5-6-12(16(17)18)11(8-10)14-7-9-3-1-2-4-13(9)19-14/h1-8,13-14H. The molecule has 1 heterocycles. The summed E-state index contributed by atoms with van der Waals surface area (Å²) in [5, 5.41) is 11.0. The number of hydrogen-bond donors (Lipinski definition) is 0. The topological polar surface area (TPSA) is 52.4 Å². The molecule has 96 valence electrons. The third-order valence-electron chi connectivity index (χ3n) is 3.14. The number of nitro benzene ring substituents is 1. The van der Waals surface area contributed by atoms with Gasteiger partial charge < -0.3 is 4.74 Å². The molecule has 1 aromatic rings. The van der Waals surface area contributed by atoms with Crippen LogP contribution in [0.5, 0.6) is 0 Å². The minimum absolute atomic E-state index is 0.130. The highest BCUT2D eigenvalue weighted by Gasteiger charge is 2.30. The zero-order chi connectivity index (χ0) is 13.4. The smallest absolute Gasteiger partial charge is 0.275 e. The number of hydrogen-bond acceptors (Lipinski definition) is 3. The molecule has 1 aliphatic carbocycles. The molecular weight excluding hydrogens is 249 g/mol. The SMILES string of the molecule is O=[N+]([O-])c1ccc(F)cc1C1C=C2C=CC=CC2O1. The first-order chi connectivity index (χ1) is 9.15. The summed E-state index contributed by atoms with van der Waals surface area (Å²) in [5.74, 6) is -0.511. The summed E-state index contributed by atoms with van der Waals surface area (Å²) in [5.41, 5.74) is 1.05. The maximum Gasteiger partial charge on any atom is 0.275 e. The second-order valence-electron chi connectivity index (χ2n) is 4.35. The molecule has 0 radical (unpaired) electrons. The Morgan fingerprint density at radius 3 is 2.84 bits per heavy atom. The van der Waals surface area contributed by atoms with Gasteiger partial charge in [0.15, 0.2) is 0 Å². The first-order valence-corrected chi connectivity index (χ1v) is 5.81. The lowest BCUT2D eigenvalue weighted by Gasteiger charge is -2.14. The van der Waals surface area contributed by atoms with E-state index in [2.05, 4.69) is 0 Å². The lowest BCUT2D eigenvalue weighted by atomic mass is 10.0. The van der Waals surface area contributed by atoms with Crippen LogP contribution in [0.3, 0.4) is 0 Å². The van der Waals surface area contributed by atoms with Gasteiger partial charge in [-0.05, 0) is 23.8 Å². The van der Waals surface area contributed by atoms with Gasteiger partial charge in [0.25, 0.3) is 5.69 Å². The van der Waals surface area contributed by atoms with Crippen molar-refractivity contribution in [2.75, 3.05) is 0 Å². The van der Waals surface area contributed by atoms with Crippen LogP contribution in [-0.4, -0.2) is 11.0 Å². The zero-order valence-corrected chi connectivity index (χ0v) is 9.82.